The molecule has 8 heteroatoms. The van der Waals surface area contributed by atoms with Crippen LogP contribution in [0.4, 0.5) is 4.79 Å². The van der Waals surface area contributed by atoms with E-state index in [1.807, 2.05) is 0 Å². The molecule has 0 aromatic rings. The van der Waals surface area contributed by atoms with Gasteiger partial charge in [0.25, 0.3) is 0 Å². The SMILES string of the molecule is CCCCN(CCCC)C(CCCC)(OC(=O)O)N(CCCC)CCCC.Cl.Cl.O. The van der Waals surface area contributed by atoms with Gasteiger partial charge >= 0.3 is 6.16 Å². The fourth-order valence-electron chi connectivity index (χ4n) is 3.56. The van der Waals surface area contributed by atoms with Crippen LogP contribution in [0.5, 0.6) is 0 Å². The molecule has 0 aromatic heterocycles. The molecule has 0 amide bonds. The van der Waals surface area contributed by atoms with Gasteiger partial charge in [-0.25, -0.2) is 4.79 Å². The Morgan fingerprint density at radius 1 is 0.700 bits per heavy atom. The average Bonchev–Trinajstić information content (AvgIpc) is 2.65. The highest BCUT2D eigenvalue weighted by Crippen LogP contribution is 2.31. The minimum absolute atomic E-state index is 0. The summed E-state index contributed by atoms with van der Waals surface area (Å²) < 4.78 is 5.82. The molecule has 30 heavy (non-hydrogen) atoms. The zero-order chi connectivity index (χ0) is 20.5. The quantitative estimate of drug-likeness (QED) is 0.184. The van der Waals surface area contributed by atoms with Gasteiger partial charge in [-0.15, -0.1) is 24.8 Å². The molecule has 0 atom stereocenters. The third-order valence-electron chi connectivity index (χ3n) is 5.22. The molecular formula is C22H50Cl2N2O4. The van der Waals surface area contributed by atoms with E-state index in [4.69, 9.17) is 4.74 Å². The number of hydrogen-bond acceptors (Lipinski definition) is 4. The third-order valence-corrected chi connectivity index (χ3v) is 5.22. The predicted octanol–water partition coefficient (Wildman–Crippen LogP) is 6.35. The van der Waals surface area contributed by atoms with E-state index < -0.39 is 12.0 Å². The molecule has 0 spiro atoms. The second-order valence-electron chi connectivity index (χ2n) is 7.60. The van der Waals surface area contributed by atoms with Gasteiger partial charge in [0, 0.05) is 32.6 Å². The lowest BCUT2D eigenvalue weighted by Crippen LogP contribution is -2.64. The molecule has 0 aliphatic rings. The Morgan fingerprint density at radius 2 is 1.00 bits per heavy atom. The van der Waals surface area contributed by atoms with Gasteiger partial charge in [0.1, 0.15) is 0 Å². The number of hydrogen-bond donors (Lipinski definition) is 1. The van der Waals surface area contributed by atoms with E-state index in [0.29, 0.717) is 0 Å². The van der Waals surface area contributed by atoms with E-state index in [9.17, 15) is 9.90 Å². The molecular weight excluding hydrogens is 427 g/mol. The Balaban J connectivity index is -0.00000113. The third kappa shape index (κ3) is 13.9. The van der Waals surface area contributed by atoms with Gasteiger partial charge in [0.05, 0.1) is 0 Å². The van der Waals surface area contributed by atoms with E-state index in [2.05, 4.69) is 44.4 Å². The topological polar surface area (TPSA) is 84.5 Å². The first-order chi connectivity index (χ1) is 13.0. The summed E-state index contributed by atoms with van der Waals surface area (Å²) >= 11 is 0. The van der Waals surface area contributed by atoms with Gasteiger partial charge in [0.15, 0.2) is 0 Å². The number of unbranched alkanes of at least 4 members (excludes halogenated alkanes) is 5. The number of carboxylic acid groups (broad SMARTS) is 1. The first kappa shape index (κ1) is 37.1. The molecule has 0 saturated carbocycles. The molecule has 0 unspecified atom stereocenters. The Hall–Kier alpha value is -0.270. The number of ether oxygens (including phenoxy) is 1. The molecule has 0 aliphatic heterocycles. The highest BCUT2D eigenvalue weighted by molar-refractivity contribution is 5.85. The van der Waals surface area contributed by atoms with Crippen molar-refractivity contribution in [1.82, 2.24) is 9.80 Å². The smallest absolute Gasteiger partial charge is 0.450 e. The van der Waals surface area contributed by atoms with Crippen LogP contribution in [-0.2, 0) is 4.74 Å². The molecule has 0 aliphatic carbocycles. The van der Waals surface area contributed by atoms with Crippen molar-refractivity contribution in [2.45, 2.75) is 111 Å². The maximum atomic E-state index is 11.8. The summed E-state index contributed by atoms with van der Waals surface area (Å²) in [5.41, 5.74) is 0. The zero-order valence-corrected chi connectivity index (χ0v) is 21.7. The summed E-state index contributed by atoms with van der Waals surface area (Å²) in [6, 6.07) is 0. The maximum Gasteiger partial charge on any atom is 0.508 e. The molecule has 186 valence electrons. The lowest BCUT2D eigenvalue weighted by atomic mass is 10.1. The molecule has 0 fully saturated rings. The van der Waals surface area contributed by atoms with Crippen molar-refractivity contribution in [1.29, 1.82) is 0 Å². The Labute approximate surface area is 198 Å². The van der Waals surface area contributed by atoms with Gasteiger partial charge in [0.2, 0.25) is 5.85 Å². The molecule has 3 N–H and O–H groups in total. The number of halogens is 2. The molecule has 0 aromatic carbocycles. The van der Waals surface area contributed by atoms with Gasteiger partial charge in [-0.05, 0) is 32.1 Å². The highest BCUT2D eigenvalue weighted by atomic mass is 35.5. The standard InChI is InChI=1S/C22H46N2O3.2ClH.H2O/c1-6-11-16-22(27-21(25)26,23(17-12-7-2)18-13-8-3)24(19-14-9-4)20-15-10-5;;;/h6-20H2,1-5H3,(H,25,26);2*1H;1H2. The summed E-state index contributed by atoms with van der Waals surface area (Å²) in [7, 11) is 0. The summed E-state index contributed by atoms with van der Waals surface area (Å²) in [4.78, 5) is 16.5. The normalized spacial score (nSPS) is 10.9. The van der Waals surface area contributed by atoms with Crippen molar-refractivity contribution in [3.8, 4) is 0 Å². The lowest BCUT2D eigenvalue weighted by molar-refractivity contribution is -0.229. The monoisotopic (exact) mass is 476 g/mol. The van der Waals surface area contributed by atoms with Crippen molar-refractivity contribution < 1.29 is 20.1 Å². The minimum Gasteiger partial charge on any atom is -0.450 e. The van der Waals surface area contributed by atoms with Crippen LogP contribution in [0, 0.1) is 0 Å². The summed E-state index contributed by atoms with van der Waals surface area (Å²) in [6.45, 7) is 14.5. The van der Waals surface area contributed by atoms with E-state index in [1.54, 1.807) is 0 Å². The molecule has 0 radical (unpaired) electrons. The lowest BCUT2D eigenvalue weighted by Gasteiger charge is -2.49. The van der Waals surface area contributed by atoms with Gasteiger partial charge in [-0.3, -0.25) is 9.80 Å². The van der Waals surface area contributed by atoms with E-state index in [-0.39, 0.29) is 30.3 Å². The Kier molecular flexibility index (Phi) is 28.9. The van der Waals surface area contributed by atoms with Crippen LogP contribution in [0.1, 0.15) is 105 Å². The summed E-state index contributed by atoms with van der Waals surface area (Å²) in [5.74, 6) is -0.823. The van der Waals surface area contributed by atoms with Gasteiger partial charge in [-0.2, -0.15) is 0 Å². The highest BCUT2D eigenvalue weighted by Gasteiger charge is 2.45. The summed E-state index contributed by atoms with van der Waals surface area (Å²) in [5, 5.41) is 9.67. The van der Waals surface area contributed by atoms with E-state index >= 15 is 0 Å². The average molecular weight is 478 g/mol. The van der Waals surface area contributed by atoms with Crippen LogP contribution in [0.25, 0.3) is 0 Å². The first-order valence-electron chi connectivity index (χ1n) is 11.4. The van der Waals surface area contributed by atoms with Crippen LogP contribution in [0.15, 0.2) is 0 Å². The minimum atomic E-state index is -1.15. The maximum absolute atomic E-state index is 11.8. The molecule has 0 rings (SSSR count). The Bertz CT molecular complexity index is 341. The number of rotatable bonds is 18. The van der Waals surface area contributed by atoms with Crippen LogP contribution in [0.2, 0.25) is 0 Å². The van der Waals surface area contributed by atoms with E-state index in [0.717, 1.165) is 96.8 Å². The van der Waals surface area contributed by atoms with Crippen molar-refractivity contribution in [3.05, 3.63) is 0 Å². The first-order valence-corrected chi connectivity index (χ1v) is 11.4. The van der Waals surface area contributed by atoms with Crippen LogP contribution >= 0.6 is 24.8 Å². The van der Waals surface area contributed by atoms with Crippen molar-refractivity contribution in [2.24, 2.45) is 0 Å². The van der Waals surface area contributed by atoms with Crippen LogP contribution in [0.3, 0.4) is 0 Å². The van der Waals surface area contributed by atoms with Crippen molar-refractivity contribution >= 4 is 31.0 Å². The molecule has 0 bridgehead atoms. The second-order valence-corrected chi connectivity index (χ2v) is 7.60. The number of nitrogens with zero attached hydrogens (tertiary/aromatic N) is 2. The van der Waals surface area contributed by atoms with Crippen LogP contribution < -0.4 is 0 Å². The largest absolute Gasteiger partial charge is 0.508 e. The number of carbonyl (C=O) groups is 1. The molecule has 6 nitrogen and oxygen atoms in total. The van der Waals surface area contributed by atoms with E-state index in [1.165, 1.54) is 0 Å². The van der Waals surface area contributed by atoms with Gasteiger partial charge in [-0.1, -0.05) is 66.7 Å². The predicted molar refractivity (Wildman–Crippen MR) is 132 cm³/mol. The second kappa shape index (κ2) is 23.4. The van der Waals surface area contributed by atoms with Crippen molar-refractivity contribution in [3.63, 3.8) is 0 Å². The molecule has 0 saturated heterocycles. The van der Waals surface area contributed by atoms with Crippen LogP contribution in [-0.4, -0.2) is 58.6 Å². The van der Waals surface area contributed by atoms with Crippen molar-refractivity contribution in [2.75, 3.05) is 26.2 Å². The molecule has 0 heterocycles. The zero-order valence-electron chi connectivity index (χ0n) is 20.1. The fourth-order valence-corrected chi connectivity index (χ4v) is 3.56. The fraction of sp³-hybridized carbons (Fsp3) is 0.955. The summed E-state index contributed by atoms with van der Waals surface area (Å²) in [6.07, 6.45) is 10.3. The Morgan fingerprint density at radius 3 is 1.23 bits per heavy atom. The van der Waals surface area contributed by atoms with Gasteiger partial charge < -0.3 is 15.3 Å².